The van der Waals surface area contributed by atoms with Gasteiger partial charge in [0.2, 0.25) is 0 Å². The van der Waals surface area contributed by atoms with E-state index in [1.54, 1.807) is 0 Å². The number of pyridine rings is 1. The van der Waals surface area contributed by atoms with Crippen molar-refractivity contribution in [3.8, 4) is 0 Å². The summed E-state index contributed by atoms with van der Waals surface area (Å²) >= 11 is 0. The molecule has 17 heavy (non-hydrogen) atoms. The molecule has 1 fully saturated rings. The highest BCUT2D eigenvalue weighted by atomic mass is 15.1. The minimum Gasteiger partial charge on any atom is -0.306 e. The predicted octanol–water partition coefficient (Wildman–Crippen LogP) is 2.14. The fourth-order valence-corrected chi connectivity index (χ4v) is 2.89. The van der Waals surface area contributed by atoms with Crippen LogP contribution in [0.1, 0.15) is 17.9 Å². The maximum Gasteiger partial charge on any atom is 0.113 e. The van der Waals surface area contributed by atoms with E-state index in [1.807, 2.05) is 6.20 Å². The molecule has 0 N–H and O–H groups in total. The highest BCUT2D eigenvalue weighted by Gasteiger charge is 2.21. The number of likely N-dealkylation sites (tertiary alicyclic amines) is 1. The van der Waals surface area contributed by atoms with E-state index in [2.05, 4.69) is 46.5 Å². The first kappa shape index (κ1) is 10.8. The molecule has 2 aromatic heterocycles. The zero-order valence-electron chi connectivity index (χ0n) is 10.6. The van der Waals surface area contributed by atoms with Crippen LogP contribution >= 0.6 is 0 Å². The Bertz CT molecular complexity index is 529. The third kappa shape index (κ3) is 1.95. The molecule has 0 amide bonds. The van der Waals surface area contributed by atoms with Gasteiger partial charge < -0.3 is 9.30 Å². The molecular weight excluding hydrogens is 210 g/mol. The Morgan fingerprint density at radius 3 is 3.06 bits per heavy atom. The SMILES string of the molecule is Cc1cccc2cnc(CC3CCN(C)C3)n12. The van der Waals surface area contributed by atoms with E-state index < -0.39 is 0 Å². The molecule has 0 saturated carbocycles. The average molecular weight is 229 g/mol. The number of hydrogen-bond donors (Lipinski definition) is 0. The van der Waals surface area contributed by atoms with E-state index in [0.717, 1.165) is 12.3 Å². The second kappa shape index (κ2) is 4.15. The van der Waals surface area contributed by atoms with Crippen molar-refractivity contribution in [3.63, 3.8) is 0 Å². The summed E-state index contributed by atoms with van der Waals surface area (Å²) in [5.41, 5.74) is 2.49. The predicted molar refractivity (Wildman–Crippen MR) is 69.2 cm³/mol. The van der Waals surface area contributed by atoms with E-state index >= 15 is 0 Å². The average Bonchev–Trinajstić information content (AvgIpc) is 2.88. The van der Waals surface area contributed by atoms with E-state index in [9.17, 15) is 0 Å². The Morgan fingerprint density at radius 2 is 2.29 bits per heavy atom. The van der Waals surface area contributed by atoms with Crippen molar-refractivity contribution in [1.29, 1.82) is 0 Å². The van der Waals surface area contributed by atoms with Gasteiger partial charge in [-0.05, 0) is 45.0 Å². The fraction of sp³-hybridized carbons (Fsp3) is 0.500. The molecule has 0 radical (unpaired) electrons. The van der Waals surface area contributed by atoms with Crippen molar-refractivity contribution in [2.75, 3.05) is 20.1 Å². The third-order valence-electron chi connectivity index (χ3n) is 3.78. The monoisotopic (exact) mass is 229 g/mol. The second-order valence-electron chi connectivity index (χ2n) is 5.22. The molecule has 2 aromatic rings. The number of aryl methyl sites for hydroxylation is 1. The van der Waals surface area contributed by atoms with Gasteiger partial charge in [0.05, 0.1) is 11.7 Å². The van der Waals surface area contributed by atoms with Crippen molar-refractivity contribution in [1.82, 2.24) is 14.3 Å². The summed E-state index contributed by atoms with van der Waals surface area (Å²) in [5, 5.41) is 0. The van der Waals surface area contributed by atoms with Crippen LogP contribution in [-0.4, -0.2) is 34.4 Å². The Balaban J connectivity index is 1.90. The molecule has 3 nitrogen and oxygen atoms in total. The van der Waals surface area contributed by atoms with Crippen LogP contribution < -0.4 is 0 Å². The molecule has 0 spiro atoms. The van der Waals surface area contributed by atoms with Crippen molar-refractivity contribution in [3.05, 3.63) is 35.9 Å². The van der Waals surface area contributed by atoms with Gasteiger partial charge in [0.1, 0.15) is 5.82 Å². The van der Waals surface area contributed by atoms with E-state index in [4.69, 9.17) is 0 Å². The lowest BCUT2D eigenvalue weighted by molar-refractivity contribution is 0.392. The van der Waals surface area contributed by atoms with E-state index in [1.165, 1.54) is 36.5 Å². The van der Waals surface area contributed by atoms with Crippen molar-refractivity contribution < 1.29 is 0 Å². The largest absolute Gasteiger partial charge is 0.306 e. The zero-order valence-corrected chi connectivity index (χ0v) is 10.6. The first-order valence-electron chi connectivity index (χ1n) is 6.34. The Morgan fingerprint density at radius 1 is 1.41 bits per heavy atom. The number of aromatic nitrogens is 2. The summed E-state index contributed by atoms with van der Waals surface area (Å²) in [6, 6.07) is 6.38. The Kier molecular flexibility index (Phi) is 2.63. The molecular formula is C14H19N3. The van der Waals surface area contributed by atoms with Crippen LogP contribution in [0.25, 0.3) is 5.52 Å². The summed E-state index contributed by atoms with van der Waals surface area (Å²) in [5.74, 6) is 1.99. The van der Waals surface area contributed by atoms with Crippen molar-refractivity contribution in [2.24, 2.45) is 5.92 Å². The van der Waals surface area contributed by atoms with Gasteiger partial charge in [0.25, 0.3) is 0 Å². The molecule has 1 atom stereocenters. The molecule has 1 saturated heterocycles. The first-order valence-corrected chi connectivity index (χ1v) is 6.34. The number of nitrogens with zero attached hydrogens (tertiary/aromatic N) is 3. The van der Waals surface area contributed by atoms with Gasteiger partial charge in [-0.1, -0.05) is 6.07 Å². The highest BCUT2D eigenvalue weighted by molar-refractivity contribution is 5.47. The molecule has 1 aliphatic rings. The third-order valence-corrected chi connectivity index (χ3v) is 3.78. The van der Waals surface area contributed by atoms with Crippen LogP contribution in [0.2, 0.25) is 0 Å². The maximum atomic E-state index is 4.59. The molecule has 0 aliphatic carbocycles. The number of rotatable bonds is 2. The zero-order chi connectivity index (χ0) is 11.8. The quantitative estimate of drug-likeness (QED) is 0.786. The summed E-state index contributed by atoms with van der Waals surface area (Å²) in [7, 11) is 2.20. The second-order valence-corrected chi connectivity index (χ2v) is 5.22. The Labute approximate surface area is 102 Å². The molecule has 90 valence electrons. The topological polar surface area (TPSA) is 20.5 Å². The van der Waals surface area contributed by atoms with Gasteiger partial charge in [-0.2, -0.15) is 0 Å². The van der Waals surface area contributed by atoms with Crippen LogP contribution in [0.15, 0.2) is 24.4 Å². The minimum absolute atomic E-state index is 0.769. The minimum atomic E-state index is 0.769. The van der Waals surface area contributed by atoms with Crippen LogP contribution in [0.4, 0.5) is 0 Å². The molecule has 1 aliphatic heterocycles. The van der Waals surface area contributed by atoms with Crippen LogP contribution in [0.5, 0.6) is 0 Å². The summed E-state index contributed by atoms with van der Waals surface area (Å²) < 4.78 is 2.29. The highest BCUT2D eigenvalue weighted by Crippen LogP contribution is 2.20. The molecule has 0 aromatic carbocycles. The lowest BCUT2D eigenvalue weighted by Gasteiger charge is -2.10. The normalized spacial score (nSPS) is 21.4. The standard InChI is InChI=1S/C14H19N3/c1-11-4-3-5-13-9-15-14(17(11)13)8-12-6-7-16(2)10-12/h3-5,9,12H,6-8,10H2,1-2H3. The van der Waals surface area contributed by atoms with Gasteiger partial charge in [-0.3, -0.25) is 0 Å². The number of imidazole rings is 1. The molecule has 3 heteroatoms. The van der Waals surface area contributed by atoms with Crippen LogP contribution in [0, 0.1) is 12.8 Å². The lowest BCUT2D eigenvalue weighted by Crippen LogP contribution is -2.15. The molecule has 0 bridgehead atoms. The maximum absolute atomic E-state index is 4.59. The molecule has 1 unspecified atom stereocenters. The summed E-state index contributed by atoms with van der Waals surface area (Å²) in [6.07, 6.45) is 4.39. The van der Waals surface area contributed by atoms with Crippen LogP contribution in [0.3, 0.4) is 0 Å². The molecule has 3 heterocycles. The van der Waals surface area contributed by atoms with Crippen molar-refractivity contribution >= 4 is 5.52 Å². The number of hydrogen-bond acceptors (Lipinski definition) is 2. The van der Waals surface area contributed by atoms with Gasteiger partial charge >= 0.3 is 0 Å². The fourth-order valence-electron chi connectivity index (χ4n) is 2.89. The van der Waals surface area contributed by atoms with Gasteiger partial charge in [-0.15, -0.1) is 0 Å². The van der Waals surface area contributed by atoms with Gasteiger partial charge in [0.15, 0.2) is 0 Å². The summed E-state index contributed by atoms with van der Waals surface area (Å²) in [4.78, 5) is 7.00. The van der Waals surface area contributed by atoms with Crippen molar-refractivity contribution in [2.45, 2.75) is 19.8 Å². The van der Waals surface area contributed by atoms with Gasteiger partial charge in [0, 0.05) is 18.7 Å². The van der Waals surface area contributed by atoms with Crippen LogP contribution in [-0.2, 0) is 6.42 Å². The lowest BCUT2D eigenvalue weighted by atomic mass is 10.0. The van der Waals surface area contributed by atoms with E-state index in [-0.39, 0.29) is 0 Å². The Hall–Kier alpha value is -1.35. The first-order chi connectivity index (χ1) is 8.24. The number of fused-ring (bicyclic) bond motifs is 1. The molecule has 3 rings (SSSR count). The summed E-state index contributed by atoms with van der Waals surface area (Å²) in [6.45, 7) is 4.59. The smallest absolute Gasteiger partial charge is 0.113 e. The van der Waals surface area contributed by atoms with Gasteiger partial charge in [-0.25, -0.2) is 4.98 Å². The van der Waals surface area contributed by atoms with E-state index in [0.29, 0.717) is 0 Å².